The van der Waals surface area contributed by atoms with Crippen molar-refractivity contribution in [2.75, 3.05) is 4.72 Å². The molecule has 42 heavy (non-hydrogen) atoms. The summed E-state index contributed by atoms with van der Waals surface area (Å²) in [4.78, 5) is 17.1. The third kappa shape index (κ3) is 7.13. The molecular weight excluding hydrogens is 569 g/mol. The van der Waals surface area contributed by atoms with Gasteiger partial charge in [0, 0.05) is 17.8 Å². The van der Waals surface area contributed by atoms with Gasteiger partial charge in [-0.3, -0.25) is 9.52 Å². The molecule has 0 unspecified atom stereocenters. The molecule has 0 aliphatic carbocycles. The summed E-state index contributed by atoms with van der Waals surface area (Å²) >= 11 is 0. The van der Waals surface area contributed by atoms with E-state index in [4.69, 9.17) is 4.74 Å². The van der Waals surface area contributed by atoms with E-state index < -0.39 is 44.3 Å². The van der Waals surface area contributed by atoms with Gasteiger partial charge in [0.1, 0.15) is 5.60 Å². The lowest BCUT2D eigenvalue weighted by Gasteiger charge is -2.38. The average Bonchev–Trinajstić information content (AvgIpc) is 2.94. The third-order valence-electron chi connectivity index (χ3n) is 7.38. The van der Waals surface area contributed by atoms with E-state index in [-0.39, 0.29) is 23.5 Å². The lowest BCUT2D eigenvalue weighted by atomic mass is 9.78. The molecule has 0 bridgehead atoms. The van der Waals surface area contributed by atoms with Gasteiger partial charge in [0.2, 0.25) is 0 Å². The Morgan fingerprint density at radius 2 is 1.79 bits per heavy atom. The van der Waals surface area contributed by atoms with Gasteiger partial charge in [-0.15, -0.1) is 0 Å². The fourth-order valence-electron chi connectivity index (χ4n) is 5.36. The molecule has 224 valence electrons. The lowest BCUT2D eigenvalue weighted by Crippen LogP contribution is -2.41. The average molecular weight is 603 g/mol. The number of aliphatic hydroxyl groups excluding tert-OH is 1. The van der Waals surface area contributed by atoms with E-state index in [1.165, 1.54) is 12.1 Å². The van der Waals surface area contributed by atoms with Gasteiger partial charge in [-0.2, -0.15) is 21.6 Å². The summed E-state index contributed by atoms with van der Waals surface area (Å²) in [5.74, 6) is -1.23. The Morgan fingerprint density at radius 1 is 1.05 bits per heavy atom. The van der Waals surface area contributed by atoms with Gasteiger partial charge in [-0.05, 0) is 61.1 Å². The number of hydrogen-bond acceptors (Lipinski definition) is 6. The number of nitrogens with zero attached hydrogens (tertiary/aromatic N) is 1. The van der Waals surface area contributed by atoms with Crippen LogP contribution in [0, 0.1) is 0 Å². The van der Waals surface area contributed by atoms with Crippen LogP contribution in [0.3, 0.4) is 0 Å². The standard InChI is InChI=1S/C31H33F3N2O5S/c1-3-16-30(17-15-21-9-6-5-7-10-21)19-26(37)28(29(38)41-30)25(4-2)22-11-8-12-24(18-22)36-42(39,40)27-14-13-23(20-35-27)31(32,33)34/h5-14,18,20,25,36,38H,3-4,15-17,19H2,1-2H3/t25-,30+/m0/s1. The second kappa shape index (κ2) is 12.6. The Balaban J connectivity index is 1.57. The molecular formula is C31H33F3N2O5S. The Bertz CT molecular complexity index is 1540. The number of aliphatic hydroxyl groups is 1. The Morgan fingerprint density at radius 3 is 2.38 bits per heavy atom. The molecule has 2 aromatic carbocycles. The molecule has 0 spiro atoms. The molecule has 1 aliphatic heterocycles. The summed E-state index contributed by atoms with van der Waals surface area (Å²) in [5.41, 5.74) is 0.0252. The van der Waals surface area contributed by atoms with E-state index in [2.05, 4.69) is 9.71 Å². The van der Waals surface area contributed by atoms with E-state index in [0.29, 0.717) is 43.5 Å². The van der Waals surface area contributed by atoms with Crippen molar-refractivity contribution in [3.63, 3.8) is 0 Å². The maximum atomic E-state index is 13.6. The van der Waals surface area contributed by atoms with Crippen molar-refractivity contribution in [3.8, 4) is 0 Å². The van der Waals surface area contributed by atoms with Crippen molar-refractivity contribution in [2.45, 2.75) is 75.1 Å². The number of alkyl halides is 3. The fraction of sp³-hybridized carbons (Fsp3) is 0.355. The van der Waals surface area contributed by atoms with Crippen molar-refractivity contribution in [1.82, 2.24) is 4.98 Å². The molecule has 2 N–H and O–H groups in total. The zero-order valence-electron chi connectivity index (χ0n) is 23.3. The van der Waals surface area contributed by atoms with E-state index in [1.54, 1.807) is 12.1 Å². The number of rotatable bonds is 11. The summed E-state index contributed by atoms with van der Waals surface area (Å²) in [7, 11) is -4.30. The van der Waals surface area contributed by atoms with Crippen LogP contribution in [0.5, 0.6) is 0 Å². The number of aryl methyl sites for hydroxylation is 1. The Labute approximate surface area is 243 Å². The highest BCUT2D eigenvalue weighted by atomic mass is 32.2. The molecule has 4 rings (SSSR count). The largest absolute Gasteiger partial charge is 0.481 e. The highest BCUT2D eigenvalue weighted by Crippen LogP contribution is 2.42. The molecule has 1 aromatic heterocycles. The number of nitrogens with one attached hydrogen (secondary N) is 1. The number of halogens is 3. The van der Waals surface area contributed by atoms with Crippen LogP contribution in [-0.4, -0.2) is 29.9 Å². The highest BCUT2D eigenvalue weighted by Gasteiger charge is 2.43. The number of benzene rings is 2. The summed E-state index contributed by atoms with van der Waals surface area (Å²) < 4.78 is 72.7. The molecule has 1 aliphatic rings. The number of aromatic nitrogens is 1. The van der Waals surface area contributed by atoms with Gasteiger partial charge in [-0.1, -0.05) is 62.7 Å². The first-order valence-corrected chi connectivity index (χ1v) is 15.2. The van der Waals surface area contributed by atoms with Gasteiger partial charge >= 0.3 is 6.18 Å². The fourth-order valence-corrected chi connectivity index (χ4v) is 6.34. The summed E-state index contributed by atoms with van der Waals surface area (Å²) in [6.45, 7) is 3.83. The maximum Gasteiger partial charge on any atom is 0.417 e. The molecule has 3 aromatic rings. The number of allylic oxidation sites excluding steroid dienone is 1. The predicted octanol–water partition coefficient (Wildman–Crippen LogP) is 7.33. The number of carbonyl (C=O) groups is 1. The molecule has 0 fully saturated rings. The number of ketones is 1. The van der Waals surface area contributed by atoms with Crippen molar-refractivity contribution in [2.24, 2.45) is 0 Å². The number of ether oxygens (including phenoxy) is 1. The summed E-state index contributed by atoms with van der Waals surface area (Å²) in [5, 5.41) is 10.5. The van der Waals surface area contributed by atoms with Gasteiger partial charge < -0.3 is 9.84 Å². The van der Waals surface area contributed by atoms with Crippen molar-refractivity contribution in [3.05, 3.63) is 101 Å². The van der Waals surface area contributed by atoms with Gasteiger partial charge in [0.15, 0.2) is 10.8 Å². The number of anilines is 1. The smallest absolute Gasteiger partial charge is 0.417 e. The van der Waals surface area contributed by atoms with Crippen LogP contribution in [-0.2, 0) is 32.2 Å². The molecule has 11 heteroatoms. The van der Waals surface area contributed by atoms with Crippen molar-refractivity contribution < 1.29 is 36.2 Å². The first-order valence-electron chi connectivity index (χ1n) is 13.7. The second-order valence-electron chi connectivity index (χ2n) is 10.4. The molecule has 2 atom stereocenters. The van der Waals surface area contributed by atoms with E-state index in [9.17, 15) is 31.5 Å². The number of hydrogen-bond donors (Lipinski definition) is 2. The van der Waals surface area contributed by atoms with Crippen LogP contribution < -0.4 is 4.72 Å². The number of sulfonamides is 1. The maximum absolute atomic E-state index is 13.6. The van der Waals surface area contributed by atoms with Crippen LogP contribution >= 0.6 is 0 Å². The van der Waals surface area contributed by atoms with Crippen LogP contribution in [0.25, 0.3) is 0 Å². The van der Waals surface area contributed by atoms with Gasteiger partial charge in [0.25, 0.3) is 16.0 Å². The number of Topliss-reactive ketones (excluding diaryl/α,β-unsaturated/α-hetero) is 1. The van der Waals surface area contributed by atoms with E-state index in [0.717, 1.165) is 18.1 Å². The van der Waals surface area contributed by atoms with Crippen molar-refractivity contribution >= 4 is 21.5 Å². The topological polar surface area (TPSA) is 106 Å². The zero-order chi connectivity index (χ0) is 30.5. The molecule has 2 heterocycles. The highest BCUT2D eigenvalue weighted by molar-refractivity contribution is 7.92. The van der Waals surface area contributed by atoms with E-state index >= 15 is 0 Å². The van der Waals surface area contributed by atoms with Gasteiger partial charge in [-0.25, -0.2) is 4.98 Å². The van der Waals surface area contributed by atoms with Crippen LogP contribution in [0.1, 0.15) is 68.6 Å². The Hall–Kier alpha value is -3.86. The van der Waals surface area contributed by atoms with Crippen LogP contribution in [0.15, 0.2) is 89.5 Å². The molecule has 7 nitrogen and oxygen atoms in total. The monoisotopic (exact) mass is 602 g/mol. The predicted molar refractivity (Wildman–Crippen MR) is 152 cm³/mol. The van der Waals surface area contributed by atoms with Crippen LogP contribution in [0.4, 0.5) is 18.9 Å². The molecule has 0 amide bonds. The molecule has 0 radical (unpaired) electrons. The minimum atomic E-state index is -4.65. The lowest BCUT2D eigenvalue weighted by molar-refractivity contribution is -0.138. The van der Waals surface area contributed by atoms with Gasteiger partial charge in [0.05, 0.1) is 17.6 Å². The first kappa shape index (κ1) is 31.1. The SMILES string of the molecule is CCC[C@@]1(CCc2ccccc2)CC(=O)C([C@@H](CC)c2cccc(NS(=O)(=O)c3ccc(C(F)(F)F)cn3)c2)=C(O)O1. The minimum Gasteiger partial charge on any atom is -0.481 e. The summed E-state index contributed by atoms with van der Waals surface area (Å²) in [6.07, 6.45) is -1.08. The van der Waals surface area contributed by atoms with Crippen LogP contribution in [0.2, 0.25) is 0 Å². The Kier molecular flexibility index (Phi) is 9.30. The quantitative estimate of drug-likeness (QED) is 0.238. The van der Waals surface area contributed by atoms with E-state index in [1.807, 2.05) is 44.2 Å². The second-order valence-corrected chi connectivity index (χ2v) is 12.0. The first-order chi connectivity index (χ1) is 19.9. The normalized spacial score (nSPS) is 18.5. The minimum absolute atomic E-state index is 0.107. The molecule has 0 saturated heterocycles. The number of carbonyl (C=O) groups excluding carboxylic acids is 1. The molecule has 0 saturated carbocycles. The third-order valence-corrected chi connectivity index (χ3v) is 8.68. The zero-order valence-corrected chi connectivity index (χ0v) is 24.1. The summed E-state index contributed by atoms with van der Waals surface area (Å²) in [6, 6.07) is 17.6. The number of pyridine rings is 1. The van der Waals surface area contributed by atoms with Crippen molar-refractivity contribution in [1.29, 1.82) is 0 Å².